The molecule has 0 unspecified atom stereocenters. The van der Waals surface area contributed by atoms with Gasteiger partial charge in [0.05, 0.1) is 12.8 Å². The monoisotopic (exact) mass is 462 g/mol. The maximum atomic E-state index is 13.7. The fourth-order valence-corrected chi connectivity index (χ4v) is 5.13. The second-order valence-electron chi connectivity index (χ2n) is 6.97. The van der Waals surface area contributed by atoms with Crippen LogP contribution in [-0.2, 0) is 10.0 Å². The number of anilines is 1. The number of hydrogen-bond acceptors (Lipinski definition) is 6. The molecule has 0 bridgehead atoms. The minimum absolute atomic E-state index is 0.118. The number of benzene rings is 2. The van der Waals surface area contributed by atoms with Crippen LogP contribution in [-0.4, -0.2) is 56.2 Å². The predicted octanol–water partition coefficient (Wildman–Crippen LogP) is 3.46. The van der Waals surface area contributed by atoms with Gasteiger partial charge in [-0.1, -0.05) is 23.7 Å². The molecule has 0 amide bonds. The van der Waals surface area contributed by atoms with E-state index in [2.05, 4.69) is 10.2 Å². The Morgan fingerprint density at radius 3 is 2.29 bits per heavy atom. The van der Waals surface area contributed by atoms with Crippen molar-refractivity contribution in [3.8, 4) is 17.0 Å². The molecule has 10 heteroatoms. The Morgan fingerprint density at radius 2 is 1.68 bits per heavy atom. The second-order valence-corrected chi connectivity index (χ2v) is 9.31. The van der Waals surface area contributed by atoms with Crippen molar-refractivity contribution < 1.29 is 17.5 Å². The number of piperazine rings is 1. The summed E-state index contributed by atoms with van der Waals surface area (Å²) >= 11 is 5.92. The van der Waals surface area contributed by atoms with Crippen LogP contribution in [0, 0.1) is 5.82 Å². The number of methoxy groups -OCH3 is 1. The van der Waals surface area contributed by atoms with Gasteiger partial charge in [0.15, 0.2) is 5.82 Å². The van der Waals surface area contributed by atoms with Crippen molar-refractivity contribution in [3.63, 3.8) is 0 Å². The van der Waals surface area contributed by atoms with Crippen LogP contribution >= 0.6 is 11.6 Å². The number of hydrogen-bond donors (Lipinski definition) is 0. The van der Waals surface area contributed by atoms with Gasteiger partial charge in [0.1, 0.15) is 16.5 Å². The lowest BCUT2D eigenvalue weighted by atomic mass is 10.1. The zero-order valence-electron chi connectivity index (χ0n) is 16.7. The molecule has 0 N–H and O–H groups in total. The third kappa shape index (κ3) is 4.48. The van der Waals surface area contributed by atoms with Gasteiger partial charge in [0, 0.05) is 36.8 Å². The van der Waals surface area contributed by atoms with Crippen molar-refractivity contribution in [1.29, 1.82) is 0 Å². The Morgan fingerprint density at radius 1 is 0.968 bits per heavy atom. The Bertz CT molecular complexity index is 1170. The summed E-state index contributed by atoms with van der Waals surface area (Å²) in [5.41, 5.74) is 1.63. The van der Waals surface area contributed by atoms with Crippen LogP contribution in [0.15, 0.2) is 59.5 Å². The topological polar surface area (TPSA) is 75.6 Å². The summed E-state index contributed by atoms with van der Waals surface area (Å²) < 4.78 is 46.1. The molecular formula is C21H20ClFN4O3S. The molecule has 162 valence electrons. The molecule has 7 nitrogen and oxygen atoms in total. The fourth-order valence-electron chi connectivity index (χ4n) is 3.42. The van der Waals surface area contributed by atoms with E-state index in [-0.39, 0.29) is 23.7 Å². The average molecular weight is 463 g/mol. The number of sulfonamides is 1. The first-order valence-corrected chi connectivity index (χ1v) is 11.4. The molecule has 0 radical (unpaired) electrons. The maximum absolute atomic E-state index is 13.7. The highest BCUT2D eigenvalue weighted by atomic mass is 35.5. The lowest BCUT2D eigenvalue weighted by Crippen LogP contribution is -2.49. The van der Waals surface area contributed by atoms with E-state index >= 15 is 0 Å². The summed E-state index contributed by atoms with van der Waals surface area (Å²) in [6, 6.07) is 14.5. The van der Waals surface area contributed by atoms with Gasteiger partial charge in [-0.15, -0.1) is 10.2 Å². The zero-order valence-corrected chi connectivity index (χ0v) is 18.3. The smallest absolute Gasteiger partial charge is 0.246 e. The quantitative estimate of drug-likeness (QED) is 0.578. The standard InChI is InChI=1S/C21H20ClFN4O3S/c1-30-19-8-6-17(23)14-20(19)31(28,29)27-12-10-26(11-13-27)21-9-7-18(24-25-21)15-2-4-16(22)5-3-15/h2-9,14H,10-13H2,1H3. The Hall–Kier alpha value is -2.75. The predicted molar refractivity (Wildman–Crippen MR) is 116 cm³/mol. The molecule has 1 aliphatic heterocycles. The molecule has 1 aliphatic rings. The summed E-state index contributed by atoms with van der Waals surface area (Å²) in [6.07, 6.45) is 0. The number of aromatic nitrogens is 2. The lowest BCUT2D eigenvalue weighted by molar-refractivity contribution is 0.372. The first-order valence-electron chi connectivity index (χ1n) is 9.57. The first-order chi connectivity index (χ1) is 14.9. The van der Waals surface area contributed by atoms with Gasteiger partial charge in [-0.2, -0.15) is 4.31 Å². The van der Waals surface area contributed by atoms with Gasteiger partial charge >= 0.3 is 0 Å². The van der Waals surface area contributed by atoms with Crippen LogP contribution in [0.25, 0.3) is 11.3 Å². The van der Waals surface area contributed by atoms with Crippen molar-refractivity contribution in [3.05, 3.63) is 65.4 Å². The SMILES string of the molecule is COc1ccc(F)cc1S(=O)(=O)N1CCN(c2ccc(-c3ccc(Cl)cc3)nn2)CC1. The third-order valence-electron chi connectivity index (χ3n) is 5.10. The third-order valence-corrected chi connectivity index (χ3v) is 7.27. The highest BCUT2D eigenvalue weighted by Gasteiger charge is 2.31. The van der Waals surface area contributed by atoms with E-state index in [0.717, 1.165) is 17.3 Å². The first kappa shape index (κ1) is 21.5. The van der Waals surface area contributed by atoms with Gasteiger partial charge in [-0.05, 0) is 42.5 Å². The van der Waals surface area contributed by atoms with Crippen LogP contribution in [0.4, 0.5) is 10.2 Å². The van der Waals surface area contributed by atoms with E-state index in [1.165, 1.54) is 23.5 Å². The molecule has 0 spiro atoms. The molecule has 0 aliphatic carbocycles. The summed E-state index contributed by atoms with van der Waals surface area (Å²) in [5.74, 6) is 0.152. The van der Waals surface area contributed by atoms with Crippen molar-refractivity contribution in [2.45, 2.75) is 4.90 Å². The Labute approximate surface area is 185 Å². The van der Waals surface area contributed by atoms with Crippen LogP contribution in [0.3, 0.4) is 0 Å². The number of ether oxygens (including phenoxy) is 1. The van der Waals surface area contributed by atoms with Gasteiger partial charge in [0.2, 0.25) is 10.0 Å². The zero-order chi connectivity index (χ0) is 22.0. The minimum Gasteiger partial charge on any atom is -0.495 e. The van der Waals surface area contributed by atoms with E-state index in [0.29, 0.717) is 23.9 Å². The fraction of sp³-hybridized carbons (Fsp3) is 0.238. The summed E-state index contributed by atoms with van der Waals surface area (Å²) in [6.45, 7) is 1.35. The highest BCUT2D eigenvalue weighted by Crippen LogP contribution is 2.29. The van der Waals surface area contributed by atoms with Crippen LogP contribution in [0.1, 0.15) is 0 Å². The van der Waals surface area contributed by atoms with E-state index in [1.54, 1.807) is 12.1 Å². The molecule has 1 fully saturated rings. The molecule has 0 atom stereocenters. The van der Waals surface area contributed by atoms with Gasteiger partial charge < -0.3 is 9.64 Å². The second kappa shape index (κ2) is 8.78. The van der Waals surface area contributed by atoms with E-state index in [4.69, 9.17) is 16.3 Å². The maximum Gasteiger partial charge on any atom is 0.246 e. The average Bonchev–Trinajstić information content (AvgIpc) is 2.80. The van der Waals surface area contributed by atoms with Crippen LogP contribution < -0.4 is 9.64 Å². The van der Waals surface area contributed by atoms with Crippen molar-refractivity contribution in [2.24, 2.45) is 0 Å². The van der Waals surface area contributed by atoms with E-state index in [1.807, 2.05) is 29.2 Å². The van der Waals surface area contributed by atoms with Crippen LogP contribution in [0.2, 0.25) is 5.02 Å². The van der Waals surface area contributed by atoms with Gasteiger partial charge in [-0.25, -0.2) is 12.8 Å². The van der Waals surface area contributed by atoms with Gasteiger partial charge in [0.25, 0.3) is 0 Å². The number of nitrogens with zero attached hydrogens (tertiary/aromatic N) is 4. The van der Waals surface area contributed by atoms with E-state index in [9.17, 15) is 12.8 Å². The molecule has 1 aromatic heterocycles. The largest absolute Gasteiger partial charge is 0.495 e. The van der Waals surface area contributed by atoms with Crippen molar-refractivity contribution in [2.75, 3.05) is 38.2 Å². The van der Waals surface area contributed by atoms with Crippen molar-refractivity contribution >= 4 is 27.4 Å². The molecule has 0 saturated carbocycles. The summed E-state index contributed by atoms with van der Waals surface area (Å²) in [4.78, 5) is 1.79. The molecule has 4 rings (SSSR count). The van der Waals surface area contributed by atoms with Crippen molar-refractivity contribution in [1.82, 2.24) is 14.5 Å². The lowest BCUT2D eigenvalue weighted by Gasteiger charge is -2.34. The highest BCUT2D eigenvalue weighted by molar-refractivity contribution is 7.89. The number of halogens is 2. The Kier molecular flexibility index (Phi) is 6.08. The molecular weight excluding hydrogens is 443 g/mol. The molecule has 2 aromatic carbocycles. The summed E-state index contributed by atoms with van der Waals surface area (Å²) in [5, 5.41) is 9.22. The minimum atomic E-state index is -3.88. The van der Waals surface area contributed by atoms with E-state index < -0.39 is 15.8 Å². The summed E-state index contributed by atoms with van der Waals surface area (Å²) in [7, 11) is -2.53. The van der Waals surface area contributed by atoms with Gasteiger partial charge in [-0.3, -0.25) is 0 Å². The Balaban J connectivity index is 1.46. The molecule has 3 aromatic rings. The molecule has 31 heavy (non-hydrogen) atoms. The van der Waals surface area contributed by atoms with Crippen LogP contribution in [0.5, 0.6) is 5.75 Å². The number of rotatable bonds is 5. The normalized spacial score (nSPS) is 15.1. The molecule has 1 saturated heterocycles. The molecule has 2 heterocycles.